The Morgan fingerprint density at radius 2 is 0.833 bits per heavy atom. The second-order valence-corrected chi connectivity index (χ2v) is 12.0. The van der Waals surface area contributed by atoms with Crippen LogP contribution in [0.25, 0.3) is 88.7 Å². The molecule has 0 unspecified atom stereocenters. The molecule has 9 rings (SSSR count). The Morgan fingerprint density at radius 3 is 1.60 bits per heavy atom. The molecule has 0 radical (unpaired) electrons. The Labute approximate surface area is 278 Å². The van der Waals surface area contributed by atoms with Crippen LogP contribution in [0, 0.1) is 0 Å². The van der Waals surface area contributed by atoms with Gasteiger partial charge in [-0.25, -0.2) is 15.0 Å². The van der Waals surface area contributed by atoms with Crippen molar-refractivity contribution in [1.82, 2.24) is 15.0 Å². The van der Waals surface area contributed by atoms with Gasteiger partial charge in [-0.15, -0.1) is 0 Å². The van der Waals surface area contributed by atoms with Crippen molar-refractivity contribution in [3.05, 3.63) is 176 Å². The summed E-state index contributed by atoms with van der Waals surface area (Å²) in [6, 6.07) is 61.5. The first-order valence-corrected chi connectivity index (χ1v) is 16.2. The van der Waals surface area contributed by atoms with Gasteiger partial charge in [0.2, 0.25) is 0 Å². The van der Waals surface area contributed by atoms with Crippen LogP contribution in [0.15, 0.2) is 176 Å². The molecule has 0 N–H and O–H groups in total. The van der Waals surface area contributed by atoms with E-state index in [0.29, 0.717) is 0 Å². The summed E-state index contributed by atoms with van der Waals surface area (Å²) in [4.78, 5) is 15.2. The van der Waals surface area contributed by atoms with Gasteiger partial charge in [-0.2, -0.15) is 0 Å². The van der Waals surface area contributed by atoms with Gasteiger partial charge in [0.1, 0.15) is 0 Å². The molecule has 0 atom stereocenters. The maximum absolute atomic E-state index is 5.24. The third kappa shape index (κ3) is 4.90. The molecule has 0 saturated carbocycles. The quantitative estimate of drug-likeness (QED) is 0.182. The second-order valence-electron chi connectivity index (χ2n) is 12.0. The van der Waals surface area contributed by atoms with Crippen LogP contribution in [-0.2, 0) is 0 Å². The fourth-order valence-corrected chi connectivity index (χ4v) is 6.76. The summed E-state index contributed by atoms with van der Waals surface area (Å²) >= 11 is 0. The number of para-hydroxylation sites is 2. The van der Waals surface area contributed by atoms with Crippen LogP contribution in [0.1, 0.15) is 0 Å². The Morgan fingerprint density at radius 1 is 0.292 bits per heavy atom. The van der Waals surface area contributed by atoms with Crippen molar-refractivity contribution in [2.75, 3.05) is 0 Å². The van der Waals surface area contributed by atoms with Gasteiger partial charge in [-0.1, -0.05) is 158 Å². The largest absolute Gasteiger partial charge is 0.247 e. The molecule has 3 nitrogen and oxygen atoms in total. The van der Waals surface area contributed by atoms with Crippen LogP contribution < -0.4 is 0 Å². The SMILES string of the molecule is c1ccc(-c2nc(-c3ccc(-c4cccc(-c5nc6ccccc6c6c(-c7ccccc7)cccc56)c4)cc3)c3ccccc3n2)cc1. The Kier molecular flexibility index (Phi) is 6.80. The zero-order valence-corrected chi connectivity index (χ0v) is 26.1. The predicted molar refractivity (Wildman–Crippen MR) is 200 cm³/mol. The summed E-state index contributed by atoms with van der Waals surface area (Å²) < 4.78 is 0. The average Bonchev–Trinajstić information content (AvgIpc) is 3.17. The molecule has 0 aliphatic carbocycles. The molecule has 2 aromatic heterocycles. The molecule has 0 fully saturated rings. The molecule has 0 amide bonds. The van der Waals surface area contributed by atoms with Crippen LogP contribution in [-0.4, -0.2) is 15.0 Å². The highest BCUT2D eigenvalue weighted by Crippen LogP contribution is 2.39. The molecule has 9 aromatic rings. The summed E-state index contributed by atoms with van der Waals surface area (Å²) in [6.07, 6.45) is 0. The molecule has 3 heteroatoms. The predicted octanol–water partition coefficient (Wildman–Crippen LogP) is 11.7. The number of aromatic nitrogens is 3. The van der Waals surface area contributed by atoms with Crippen LogP contribution in [0.2, 0.25) is 0 Å². The molecule has 7 aromatic carbocycles. The van der Waals surface area contributed by atoms with Gasteiger partial charge < -0.3 is 0 Å². The fourth-order valence-electron chi connectivity index (χ4n) is 6.76. The van der Waals surface area contributed by atoms with Crippen LogP contribution in [0.3, 0.4) is 0 Å². The minimum atomic E-state index is 0.728. The Bertz CT molecular complexity index is 2590. The Balaban J connectivity index is 1.15. The number of hydrogen-bond acceptors (Lipinski definition) is 3. The smallest absolute Gasteiger partial charge is 0.160 e. The summed E-state index contributed by atoms with van der Waals surface area (Å²) in [5, 5.41) is 4.57. The summed E-state index contributed by atoms with van der Waals surface area (Å²) in [5.74, 6) is 0.728. The fraction of sp³-hybridized carbons (Fsp3) is 0. The lowest BCUT2D eigenvalue weighted by molar-refractivity contribution is 1.23. The highest BCUT2D eigenvalue weighted by Gasteiger charge is 2.16. The summed E-state index contributed by atoms with van der Waals surface area (Å²) in [5.41, 5.74) is 11.7. The van der Waals surface area contributed by atoms with Gasteiger partial charge in [0, 0.05) is 38.2 Å². The third-order valence-electron chi connectivity index (χ3n) is 9.07. The second kappa shape index (κ2) is 11.7. The first kappa shape index (κ1) is 27.8. The van der Waals surface area contributed by atoms with Crippen molar-refractivity contribution >= 4 is 32.6 Å². The van der Waals surface area contributed by atoms with E-state index in [0.717, 1.165) is 72.2 Å². The lowest BCUT2D eigenvalue weighted by Gasteiger charge is -2.15. The zero-order valence-electron chi connectivity index (χ0n) is 26.1. The monoisotopic (exact) mass is 611 g/mol. The first-order valence-electron chi connectivity index (χ1n) is 16.2. The highest BCUT2D eigenvalue weighted by atomic mass is 14.9. The van der Waals surface area contributed by atoms with Crippen LogP contribution in [0.4, 0.5) is 0 Å². The van der Waals surface area contributed by atoms with E-state index in [2.05, 4.69) is 146 Å². The van der Waals surface area contributed by atoms with Crippen molar-refractivity contribution in [3.63, 3.8) is 0 Å². The standard InChI is InChI=1S/C45H29N3/c1-3-13-31(14-4-1)36-21-12-22-39-42(36)37-19-7-9-23-40(37)46-44(39)35-18-11-17-34(29-35)30-25-27-32(28-26-30)43-38-20-8-10-24-41(38)47-45(48-43)33-15-5-2-6-16-33/h1-29H. The van der Waals surface area contributed by atoms with E-state index in [9.17, 15) is 0 Å². The first-order chi connectivity index (χ1) is 23.8. The van der Waals surface area contributed by atoms with E-state index in [1.807, 2.05) is 30.3 Å². The molecular weight excluding hydrogens is 583 g/mol. The van der Waals surface area contributed by atoms with E-state index < -0.39 is 0 Å². The third-order valence-corrected chi connectivity index (χ3v) is 9.07. The van der Waals surface area contributed by atoms with Gasteiger partial charge in [-0.05, 0) is 40.5 Å². The van der Waals surface area contributed by atoms with E-state index in [-0.39, 0.29) is 0 Å². The van der Waals surface area contributed by atoms with Crippen LogP contribution >= 0.6 is 0 Å². The van der Waals surface area contributed by atoms with Crippen molar-refractivity contribution in [1.29, 1.82) is 0 Å². The molecule has 0 bridgehead atoms. The van der Waals surface area contributed by atoms with Gasteiger partial charge in [0.25, 0.3) is 0 Å². The van der Waals surface area contributed by atoms with E-state index in [1.165, 1.54) is 16.5 Å². The molecule has 0 aliphatic rings. The molecule has 0 saturated heterocycles. The maximum atomic E-state index is 5.24. The molecule has 2 heterocycles. The maximum Gasteiger partial charge on any atom is 0.160 e. The van der Waals surface area contributed by atoms with Gasteiger partial charge in [0.05, 0.1) is 22.4 Å². The molecule has 0 aliphatic heterocycles. The number of benzene rings is 7. The summed E-state index contributed by atoms with van der Waals surface area (Å²) in [6.45, 7) is 0. The molecular formula is C45H29N3. The van der Waals surface area contributed by atoms with Crippen LogP contribution in [0.5, 0.6) is 0 Å². The zero-order chi connectivity index (χ0) is 31.9. The van der Waals surface area contributed by atoms with Gasteiger partial charge >= 0.3 is 0 Å². The topological polar surface area (TPSA) is 38.7 Å². The number of hydrogen-bond donors (Lipinski definition) is 0. The van der Waals surface area contributed by atoms with Gasteiger partial charge in [0.15, 0.2) is 5.82 Å². The normalized spacial score (nSPS) is 11.3. The number of fused-ring (bicyclic) bond motifs is 4. The minimum Gasteiger partial charge on any atom is -0.247 e. The molecule has 224 valence electrons. The van der Waals surface area contributed by atoms with Crippen molar-refractivity contribution in [2.45, 2.75) is 0 Å². The number of nitrogens with zero attached hydrogens (tertiary/aromatic N) is 3. The highest BCUT2D eigenvalue weighted by molar-refractivity contribution is 6.17. The van der Waals surface area contributed by atoms with E-state index in [1.54, 1.807) is 0 Å². The van der Waals surface area contributed by atoms with E-state index in [4.69, 9.17) is 15.0 Å². The Hall–Kier alpha value is -6.45. The van der Waals surface area contributed by atoms with Crippen molar-refractivity contribution in [2.24, 2.45) is 0 Å². The van der Waals surface area contributed by atoms with Crippen molar-refractivity contribution in [3.8, 4) is 56.2 Å². The average molecular weight is 612 g/mol. The van der Waals surface area contributed by atoms with Gasteiger partial charge in [-0.3, -0.25) is 0 Å². The lowest BCUT2D eigenvalue weighted by atomic mass is 9.92. The number of rotatable bonds is 5. The lowest BCUT2D eigenvalue weighted by Crippen LogP contribution is -1.95. The van der Waals surface area contributed by atoms with E-state index >= 15 is 0 Å². The minimum absolute atomic E-state index is 0.728. The van der Waals surface area contributed by atoms with Crippen molar-refractivity contribution < 1.29 is 0 Å². The molecule has 48 heavy (non-hydrogen) atoms. The number of pyridine rings is 1. The summed E-state index contributed by atoms with van der Waals surface area (Å²) in [7, 11) is 0. The molecule has 0 spiro atoms.